The summed E-state index contributed by atoms with van der Waals surface area (Å²) in [6, 6.07) is 0. The Hall–Kier alpha value is -0.220. The number of hydrogen-bond donors (Lipinski definition) is 1. The van der Waals surface area contributed by atoms with Gasteiger partial charge in [0.2, 0.25) is 5.91 Å². The topological polar surface area (TPSA) is 46.3 Å². The Morgan fingerprint density at radius 2 is 1.61 bits per heavy atom. The monoisotopic (exact) mass is 274 g/mol. The number of carbonyl (C=O) groups excluding carboxylic acids is 1. The molecule has 0 aromatic heterocycles. The van der Waals surface area contributed by atoms with Crippen molar-refractivity contribution in [2.75, 3.05) is 24.6 Å². The zero-order valence-corrected chi connectivity index (χ0v) is 13.6. The summed E-state index contributed by atoms with van der Waals surface area (Å²) < 4.78 is 0. The van der Waals surface area contributed by atoms with Crippen molar-refractivity contribution in [3.63, 3.8) is 0 Å². The molecule has 4 heteroatoms. The maximum Gasteiger partial charge on any atom is 0.232 e. The third-order valence-electron chi connectivity index (χ3n) is 2.22. The van der Waals surface area contributed by atoms with Gasteiger partial charge in [0.1, 0.15) is 0 Å². The van der Waals surface area contributed by atoms with Gasteiger partial charge in [-0.05, 0) is 25.7 Å². The number of nitrogens with two attached hydrogens (primary N) is 1. The summed E-state index contributed by atoms with van der Waals surface area (Å²) in [7, 11) is 0. The van der Waals surface area contributed by atoms with E-state index in [0.29, 0.717) is 17.6 Å². The highest BCUT2D eigenvalue weighted by Crippen LogP contribution is 2.12. The standard InChI is InChI=1S/C14H30N2OS/c1-11(2)7-16(8-12(3)4)13(17)9-18-10-14(5,6)15/h11-12H,7-10,15H2,1-6H3. The lowest BCUT2D eigenvalue weighted by molar-refractivity contribution is -0.129. The van der Waals surface area contributed by atoms with Gasteiger partial charge in [0, 0.05) is 24.4 Å². The minimum absolute atomic E-state index is 0.203. The van der Waals surface area contributed by atoms with Gasteiger partial charge in [-0.2, -0.15) is 11.8 Å². The Morgan fingerprint density at radius 3 is 1.94 bits per heavy atom. The zero-order valence-electron chi connectivity index (χ0n) is 12.8. The first-order valence-corrected chi connectivity index (χ1v) is 7.91. The van der Waals surface area contributed by atoms with Gasteiger partial charge < -0.3 is 10.6 Å². The highest BCUT2D eigenvalue weighted by molar-refractivity contribution is 8.00. The molecule has 2 N–H and O–H groups in total. The molecule has 0 unspecified atom stereocenters. The highest BCUT2D eigenvalue weighted by Gasteiger charge is 2.18. The Kier molecular flexibility index (Phi) is 7.95. The second-order valence-electron chi connectivity index (χ2n) is 6.57. The molecule has 0 bridgehead atoms. The maximum absolute atomic E-state index is 12.2. The van der Waals surface area contributed by atoms with E-state index in [4.69, 9.17) is 5.73 Å². The van der Waals surface area contributed by atoms with E-state index in [1.54, 1.807) is 11.8 Å². The number of amides is 1. The first-order chi connectivity index (χ1) is 8.11. The summed E-state index contributed by atoms with van der Waals surface area (Å²) in [4.78, 5) is 14.2. The lowest BCUT2D eigenvalue weighted by atomic mass is 10.1. The Bertz CT molecular complexity index is 237. The summed E-state index contributed by atoms with van der Waals surface area (Å²) in [5, 5.41) is 0. The molecular weight excluding hydrogens is 244 g/mol. The van der Waals surface area contributed by atoms with Crippen molar-refractivity contribution in [2.45, 2.75) is 47.1 Å². The third-order valence-corrected chi connectivity index (χ3v) is 3.62. The van der Waals surface area contributed by atoms with Gasteiger partial charge in [0.15, 0.2) is 0 Å². The van der Waals surface area contributed by atoms with E-state index in [-0.39, 0.29) is 11.4 Å². The molecule has 0 heterocycles. The van der Waals surface area contributed by atoms with Crippen molar-refractivity contribution < 1.29 is 4.79 Å². The molecule has 1 amide bonds. The molecule has 0 saturated heterocycles. The Labute approximate surface area is 117 Å². The first-order valence-electron chi connectivity index (χ1n) is 6.76. The van der Waals surface area contributed by atoms with Gasteiger partial charge in [0.25, 0.3) is 0 Å². The number of rotatable bonds is 8. The van der Waals surface area contributed by atoms with Crippen LogP contribution in [-0.2, 0) is 4.79 Å². The molecule has 0 rings (SSSR count). The summed E-state index contributed by atoms with van der Waals surface area (Å²) in [6.07, 6.45) is 0. The Morgan fingerprint density at radius 1 is 1.17 bits per heavy atom. The normalized spacial score (nSPS) is 12.3. The van der Waals surface area contributed by atoms with Gasteiger partial charge in [-0.15, -0.1) is 0 Å². The second-order valence-corrected chi connectivity index (χ2v) is 7.55. The van der Waals surface area contributed by atoms with Crippen LogP contribution in [0.2, 0.25) is 0 Å². The van der Waals surface area contributed by atoms with Crippen molar-refractivity contribution in [1.82, 2.24) is 4.90 Å². The van der Waals surface area contributed by atoms with Crippen LogP contribution < -0.4 is 5.73 Å². The first kappa shape index (κ1) is 17.8. The quantitative estimate of drug-likeness (QED) is 0.740. The number of carbonyl (C=O) groups is 1. The smallest absolute Gasteiger partial charge is 0.232 e. The molecule has 0 fully saturated rings. The van der Waals surface area contributed by atoms with E-state index in [9.17, 15) is 4.79 Å². The van der Waals surface area contributed by atoms with Crippen molar-refractivity contribution in [1.29, 1.82) is 0 Å². The van der Waals surface area contributed by atoms with Gasteiger partial charge >= 0.3 is 0 Å². The molecule has 0 aliphatic heterocycles. The van der Waals surface area contributed by atoms with E-state index >= 15 is 0 Å². The molecular formula is C14H30N2OS. The Balaban J connectivity index is 4.20. The summed E-state index contributed by atoms with van der Waals surface area (Å²) >= 11 is 1.63. The average Bonchev–Trinajstić information content (AvgIpc) is 2.12. The summed E-state index contributed by atoms with van der Waals surface area (Å²) in [6.45, 7) is 14.3. The van der Waals surface area contributed by atoms with E-state index in [1.807, 2.05) is 18.7 Å². The van der Waals surface area contributed by atoms with Gasteiger partial charge in [-0.25, -0.2) is 0 Å². The molecule has 0 aliphatic rings. The minimum atomic E-state index is -0.203. The van der Waals surface area contributed by atoms with Crippen molar-refractivity contribution in [3.8, 4) is 0 Å². The molecule has 0 aromatic rings. The lowest BCUT2D eigenvalue weighted by Crippen LogP contribution is -2.39. The van der Waals surface area contributed by atoms with E-state index in [1.165, 1.54) is 0 Å². The maximum atomic E-state index is 12.2. The van der Waals surface area contributed by atoms with Crippen LogP contribution in [0.5, 0.6) is 0 Å². The highest BCUT2D eigenvalue weighted by atomic mass is 32.2. The summed E-state index contributed by atoms with van der Waals surface area (Å²) in [5.74, 6) is 2.63. The molecule has 3 nitrogen and oxygen atoms in total. The van der Waals surface area contributed by atoms with Crippen molar-refractivity contribution in [3.05, 3.63) is 0 Å². The van der Waals surface area contributed by atoms with Crippen molar-refractivity contribution in [2.24, 2.45) is 17.6 Å². The van der Waals surface area contributed by atoms with E-state index in [2.05, 4.69) is 27.7 Å². The molecule has 0 radical (unpaired) electrons. The molecule has 0 atom stereocenters. The fraction of sp³-hybridized carbons (Fsp3) is 0.929. The van der Waals surface area contributed by atoms with E-state index in [0.717, 1.165) is 18.8 Å². The van der Waals surface area contributed by atoms with Crippen LogP contribution >= 0.6 is 11.8 Å². The SMILES string of the molecule is CC(C)CN(CC(C)C)C(=O)CSCC(C)(C)N. The van der Waals surface area contributed by atoms with Gasteiger partial charge in [-0.3, -0.25) is 4.79 Å². The van der Waals surface area contributed by atoms with Crippen molar-refractivity contribution >= 4 is 17.7 Å². The molecule has 0 aliphatic carbocycles. The minimum Gasteiger partial charge on any atom is -0.341 e. The average molecular weight is 274 g/mol. The molecule has 108 valence electrons. The largest absolute Gasteiger partial charge is 0.341 e. The number of nitrogens with zero attached hydrogens (tertiary/aromatic N) is 1. The fourth-order valence-electron chi connectivity index (χ4n) is 1.65. The van der Waals surface area contributed by atoms with Crippen LogP contribution in [-0.4, -0.2) is 40.9 Å². The van der Waals surface area contributed by atoms with Crippen LogP contribution in [0, 0.1) is 11.8 Å². The van der Waals surface area contributed by atoms with Crippen LogP contribution in [0.25, 0.3) is 0 Å². The van der Waals surface area contributed by atoms with Crippen LogP contribution in [0.15, 0.2) is 0 Å². The predicted molar refractivity (Wildman–Crippen MR) is 81.8 cm³/mol. The van der Waals surface area contributed by atoms with E-state index < -0.39 is 0 Å². The summed E-state index contributed by atoms with van der Waals surface area (Å²) in [5.41, 5.74) is 5.71. The van der Waals surface area contributed by atoms with Crippen LogP contribution in [0.1, 0.15) is 41.5 Å². The van der Waals surface area contributed by atoms with Gasteiger partial charge in [-0.1, -0.05) is 27.7 Å². The lowest BCUT2D eigenvalue weighted by Gasteiger charge is -2.27. The van der Waals surface area contributed by atoms with Crippen LogP contribution in [0.3, 0.4) is 0 Å². The molecule has 0 aromatic carbocycles. The third kappa shape index (κ3) is 9.77. The zero-order chi connectivity index (χ0) is 14.3. The predicted octanol–water partition coefficient (Wildman–Crippen LogP) is 2.60. The number of hydrogen-bond acceptors (Lipinski definition) is 3. The molecule has 0 saturated carbocycles. The van der Waals surface area contributed by atoms with Crippen LogP contribution in [0.4, 0.5) is 0 Å². The fourth-order valence-corrected chi connectivity index (χ4v) is 2.64. The molecule has 0 spiro atoms. The molecule has 18 heavy (non-hydrogen) atoms. The second kappa shape index (κ2) is 8.05. The number of thioether (sulfide) groups is 1. The van der Waals surface area contributed by atoms with Gasteiger partial charge in [0.05, 0.1) is 5.75 Å².